The van der Waals surface area contributed by atoms with Gasteiger partial charge in [0.2, 0.25) is 0 Å². The quantitative estimate of drug-likeness (QED) is 0.104. The molecule has 0 aliphatic carbocycles. The van der Waals surface area contributed by atoms with Crippen molar-refractivity contribution in [3.8, 4) is 0 Å². The second-order valence-corrected chi connectivity index (χ2v) is 10.7. The molecule has 0 radical (unpaired) electrons. The summed E-state index contributed by atoms with van der Waals surface area (Å²) < 4.78 is 115. The standard InChI is InChI=1S/C33H34F8N2O3/c1-2-46-29(44)13-9-4-3-8-12-23-16-24(14-15-28(23)35)31(20-22-10-6-5-7-11-22,43-30(45)42-21-32(36,37)38)25-17-26(33(39,40)41)19-27(34)18-25/h5-7,10-11,14-19H,2-4,8-9,12-13,20-21H2,1H3,(H2,42,43,45). The normalized spacial score (nSPS) is 13.2. The van der Waals surface area contributed by atoms with E-state index in [1.54, 1.807) is 42.6 Å². The molecule has 2 N–H and O–H groups in total. The smallest absolute Gasteiger partial charge is 0.416 e. The molecule has 3 aromatic carbocycles. The number of alkyl halides is 6. The van der Waals surface area contributed by atoms with E-state index < -0.39 is 53.2 Å². The van der Waals surface area contributed by atoms with E-state index in [2.05, 4.69) is 5.32 Å². The topological polar surface area (TPSA) is 67.4 Å². The Morgan fingerprint density at radius 3 is 2.11 bits per heavy atom. The van der Waals surface area contributed by atoms with Crippen LogP contribution in [0, 0.1) is 11.6 Å². The molecule has 13 heteroatoms. The number of esters is 1. The first-order valence-electron chi connectivity index (χ1n) is 14.6. The van der Waals surface area contributed by atoms with Crippen molar-refractivity contribution in [2.24, 2.45) is 0 Å². The number of hydrogen-bond donors (Lipinski definition) is 2. The van der Waals surface area contributed by atoms with Gasteiger partial charge >= 0.3 is 24.4 Å². The molecule has 46 heavy (non-hydrogen) atoms. The van der Waals surface area contributed by atoms with Crippen LogP contribution >= 0.6 is 0 Å². The molecular weight excluding hydrogens is 624 g/mol. The van der Waals surface area contributed by atoms with Gasteiger partial charge in [-0.1, -0.05) is 55.3 Å². The molecule has 1 atom stereocenters. The number of carbonyl (C=O) groups excluding carboxylic acids is 2. The number of halogens is 8. The first kappa shape index (κ1) is 36.3. The SMILES string of the molecule is CCOC(=O)CCCCCCc1cc(C(Cc2ccccc2)(NC(=O)NCC(F)(F)F)c2cc(F)cc(C(F)(F)F)c2)ccc1F. The van der Waals surface area contributed by atoms with Gasteiger partial charge in [-0.05, 0) is 72.7 Å². The Balaban J connectivity index is 2.08. The maximum atomic E-state index is 15.1. The highest BCUT2D eigenvalue weighted by Gasteiger charge is 2.41. The predicted molar refractivity (Wildman–Crippen MR) is 155 cm³/mol. The van der Waals surface area contributed by atoms with E-state index >= 15 is 4.39 Å². The number of rotatable bonds is 14. The summed E-state index contributed by atoms with van der Waals surface area (Å²) in [7, 11) is 0. The molecule has 0 bridgehead atoms. The Kier molecular flexibility index (Phi) is 12.6. The minimum Gasteiger partial charge on any atom is -0.466 e. The second-order valence-electron chi connectivity index (χ2n) is 10.7. The average Bonchev–Trinajstić information content (AvgIpc) is 2.98. The van der Waals surface area contributed by atoms with Crippen LogP contribution in [0.4, 0.5) is 39.9 Å². The van der Waals surface area contributed by atoms with E-state index in [-0.39, 0.29) is 49.0 Å². The van der Waals surface area contributed by atoms with E-state index in [0.29, 0.717) is 37.3 Å². The summed E-state index contributed by atoms with van der Waals surface area (Å²) in [5.41, 5.74) is -3.29. The van der Waals surface area contributed by atoms with Gasteiger partial charge in [0.05, 0.1) is 17.7 Å². The Morgan fingerprint density at radius 2 is 1.46 bits per heavy atom. The van der Waals surface area contributed by atoms with Gasteiger partial charge in [0.15, 0.2) is 0 Å². The van der Waals surface area contributed by atoms with Crippen LogP contribution in [0.1, 0.15) is 66.8 Å². The van der Waals surface area contributed by atoms with Crippen LogP contribution in [-0.2, 0) is 34.1 Å². The third-order valence-corrected chi connectivity index (χ3v) is 7.23. The van der Waals surface area contributed by atoms with Crippen molar-refractivity contribution in [3.63, 3.8) is 0 Å². The number of unbranched alkanes of at least 4 members (excludes halogenated alkanes) is 3. The Labute approximate surface area is 261 Å². The molecule has 250 valence electrons. The molecular formula is C33H34F8N2O3. The van der Waals surface area contributed by atoms with Crippen LogP contribution in [0.25, 0.3) is 0 Å². The predicted octanol–water partition coefficient (Wildman–Crippen LogP) is 8.39. The maximum Gasteiger partial charge on any atom is 0.416 e. The van der Waals surface area contributed by atoms with Gasteiger partial charge < -0.3 is 15.4 Å². The molecule has 0 saturated carbocycles. The van der Waals surface area contributed by atoms with Gasteiger partial charge in [-0.2, -0.15) is 26.3 Å². The van der Waals surface area contributed by atoms with Crippen molar-refractivity contribution in [2.45, 2.75) is 69.8 Å². The zero-order chi connectivity index (χ0) is 34.0. The van der Waals surface area contributed by atoms with Crippen molar-refractivity contribution in [3.05, 3.63) is 106 Å². The molecule has 0 spiro atoms. The van der Waals surface area contributed by atoms with Crippen molar-refractivity contribution >= 4 is 12.0 Å². The second kappa shape index (κ2) is 15.9. The van der Waals surface area contributed by atoms with Crippen molar-refractivity contribution in [1.29, 1.82) is 0 Å². The maximum absolute atomic E-state index is 15.1. The summed E-state index contributed by atoms with van der Waals surface area (Å²) in [5.74, 6) is -2.28. The lowest BCUT2D eigenvalue weighted by atomic mass is 9.76. The fourth-order valence-electron chi connectivity index (χ4n) is 5.08. The average molecular weight is 659 g/mol. The highest BCUT2D eigenvalue weighted by Crippen LogP contribution is 2.39. The molecule has 3 rings (SSSR count). The molecule has 0 aliphatic heterocycles. The van der Waals surface area contributed by atoms with Gasteiger partial charge in [-0.25, -0.2) is 13.6 Å². The van der Waals surface area contributed by atoms with Crippen molar-refractivity contribution < 1.29 is 49.4 Å². The molecule has 0 fully saturated rings. The molecule has 5 nitrogen and oxygen atoms in total. The number of aryl methyl sites for hydroxylation is 1. The van der Waals surface area contributed by atoms with Gasteiger partial charge in [0.1, 0.15) is 18.2 Å². The largest absolute Gasteiger partial charge is 0.466 e. The van der Waals surface area contributed by atoms with Crippen LogP contribution in [0.2, 0.25) is 0 Å². The number of amides is 2. The van der Waals surface area contributed by atoms with E-state index in [0.717, 1.165) is 12.1 Å². The van der Waals surface area contributed by atoms with Gasteiger partial charge in [-0.15, -0.1) is 0 Å². The van der Waals surface area contributed by atoms with E-state index in [9.17, 15) is 40.3 Å². The molecule has 0 aromatic heterocycles. The lowest BCUT2D eigenvalue weighted by molar-refractivity contribution is -0.143. The monoisotopic (exact) mass is 658 g/mol. The fraction of sp³-hybridized carbons (Fsp3) is 0.394. The molecule has 0 heterocycles. The fourth-order valence-corrected chi connectivity index (χ4v) is 5.08. The van der Waals surface area contributed by atoms with Gasteiger partial charge in [-0.3, -0.25) is 4.79 Å². The van der Waals surface area contributed by atoms with E-state index in [4.69, 9.17) is 4.74 Å². The summed E-state index contributed by atoms with van der Waals surface area (Å²) in [6, 6.07) is 11.8. The Bertz CT molecular complexity index is 1460. The number of nitrogens with one attached hydrogen (secondary N) is 2. The number of hydrogen-bond acceptors (Lipinski definition) is 3. The summed E-state index contributed by atoms with van der Waals surface area (Å²) >= 11 is 0. The van der Waals surface area contributed by atoms with Crippen LogP contribution in [-0.4, -0.2) is 31.3 Å². The van der Waals surface area contributed by atoms with Gasteiger partial charge in [0.25, 0.3) is 0 Å². The minimum absolute atomic E-state index is 0.0240. The number of benzene rings is 3. The third-order valence-electron chi connectivity index (χ3n) is 7.23. The van der Waals surface area contributed by atoms with Crippen LogP contribution in [0.5, 0.6) is 0 Å². The molecule has 2 amide bonds. The zero-order valence-corrected chi connectivity index (χ0v) is 25.0. The number of ether oxygens (including phenoxy) is 1. The molecule has 3 aromatic rings. The molecule has 0 saturated heterocycles. The first-order valence-corrected chi connectivity index (χ1v) is 14.6. The summed E-state index contributed by atoms with van der Waals surface area (Å²) in [6.07, 6.45) is -7.47. The Morgan fingerprint density at radius 1 is 0.783 bits per heavy atom. The van der Waals surface area contributed by atoms with Crippen molar-refractivity contribution in [2.75, 3.05) is 13.2 Å². The number of carbonyl (C=O) groups is 2. The minimum atomic E-state index is -5.00. The van der Waals surface area contributed by atoms with E-state index in [1.165, 1.54) is 12.1 Å². The van der Waals surface area contributed by atoms with Crippen LogP contribution in [0.15, 0.2) is 66.7 Å². The zero-order valence-electron chi connectivity index (χ0n) is 25.0. The van der Waals surface area contributed by atoms with Crippen LogP contribution < -0.4 is 10.6 Å². The number of urea groups is 1. The van der Waals surface area contributed by atoms with Crippen LogP contribution in [0.3, 0.4) is 0 Å². The summed E-state index contributed by atoms with van der Waals surface area (Å²) in [4.78, 5) is 24.5. The summed E-state index contributed by atoms with van der Waals surface area (Å²) in [6.45, 7) is 0.220. The van der Waals surface area contributed by atoms with E-state index in [1.807, 2.05) is 0 Å². The lowest BCUT2D eigenvalue weighted by Gasteiger charge is -2.37. The van der Waals surface area contributed by atoms with Crippen molar-refractivity contribution in [1.82, 2.24) is 10.6 Å². The lowest BCUT2D eigenvalue weighted by Crippen LogP contribution is -2.53. The Hall–Kier alpha value is -4.16. The molecule has 0 aliphatic rings. The summed E-state index contributed by atoms with van der Waals surface area (Å²) in [5, 5.41) is 4.05. The highest BCUT2D eigenvalue weighted by molar-refractivity contribution is 5.76. The molecule has 1 unspecified atom stereocenters. The first-order chi connectivity index (χ1) is 21.6. The van der Waals surface area contributed by atoms with Gasteiger partial charge in [0, 0.05) is 12.8 Å². The third kappa shape index (κ3) is 10.7. The highest BCUT2D eigenvalue weighted by atomic mass is 19.4.